The van der Waals surface area contributed by atoms with Crippen molar-refractivity contribution in [2.75, 3.05) is 43.4 Å². The predicted molar refractivity (Wildman–Crippen MR) is 154 cm³/mol. The molecule has 1 aliphatic heterocycles. The van der Waals surface area contributed by atoms with Crippen LogP contribution in [0.15, 0.2) is 64.0 Å². The minimum Gasteiger partial charge on any atom is -0.369 e. The Morgan fingerprint density at radius 1 is 0.976 bits per heavy atom. The van der Waals surface area contributed by atoms with E-state index in [1.165, 1.54) is 15.1 Å². The first-order valence-corrected chi connectivity index (χ1v) is 13.7. The first kappa shape index (κ1) is 25.8. The van der Waals surface area contributed by atoms with E-state index in [4.69, 9.17) is 10.3 Å². The highest BCUT2D eigenvalue weighted by molar-refractivity contribution is 5.89. The van der Waals surface area contributed by atoms with Crippen LogP contribution in [0.1, 0.15) is 11.5 Å². The number of benzene rings is 2. The van der Waals surface area contributed by atoms with Gasteiger partial charge in [-0.05, 0) is 23.8 Å². The van der Waals surface area contributed by atoms with Gasteiger partial charge >= 0.3 is 5.69 Å². The van der Waals surface area contributed by atoms with Gasteiger partial charge in [0.05, 0.1) is 30.4 Å². The van der Waals surface area contributed by atoms with E-state index in [9.17, 15) is 9.18 Å². The highest BCUT2D eigenvalue weighted by Gasteiger charge is 2.22. The standard InChI is InChI=1S/C28H28FN11O2/c1-18-32-24(35-42-18)20-7-8-22(29)23(15-20)37-12-9-36(10-13-37)11-14-38-25-21(16-31-38)26-34-39(17-19-5-3-2-4-6-19)28(41)40(26)27(30)33-25/h2-8,15-16H,9-14,17H2,1H3,(H2,30,33). The van der Waals surface area contributed by atoms with Crippen LogP contribution in [0.2, 0.25) is 0 Å². The summed E-state index contributed by atoms with van der Waals surface area (Å²) in [4.78, 5) is 26.1. The molecule has 7 rings (SSSR count). The van der Waals surface area contributed by atoms with Gasteiger partial charge in [-0.15, -0.1) is 5.10 Å². The van der Waals surface area contributed by atoms with Gasteiger partial charge in [-0.2, -0.15) is 15.1 Å². The zero-order valence-electron chi connectivity index (χ0n) is 22.9. The predicted octanol–water partition coefficient (Wildman–Crippen LogP) is 2.19. The van der Waals surface area contributed by atoms with E-state index >= 15 is 0 Å². The Balaban J connectivity index is 1.05. The Morgan fingerprint density at radius 3 is 2.55 bits per heavy atom. The van der Waals surface area contributed by atoms with Gasteiger partial charge in [-0.3, -0.25) is 4.90 Å². The van der Waals surface area contributed by atoms with Crippen LogP contribution in [0.5, 0.6) is 0 Å². The van der Waals surface area contributed by atoms with Crippen molar-refractivity contribution in [2.24, 2.45) is 0 Å². The number of aromatic nitrogens is 8. The minimum atomic E-state index is -0.347. The van der Waals surface area contributed by atoms with Gasteiger partial charge in [0.2, 0.25) is 17.7 Å². The van der Waals surface area contributed by atoms with Gasteiger partial charge < -0.3 is 15.2 Å². The first-order valence-electron chi connectivity index (χ1n) is 13.7. The van der Waals surface area contributed by atoms with Crippen LogP contribution in [-0.4, -0.2) is 76.7 Å². The van der Waals surface area contributed by atoms with Crippen molar-refractivity contribution < 1.29 is 8.91 Å². The molecular weight excluding hydrogens is 541 g/mol. The van der Waals surface area contributed by atoms with Crippen molar-refractivity contribution in [1.82, 2.24) is 44.0 Å². The maximum absolute atomic E-state index is 14.8. The Hall–Kier alpha value is -5.11. The van der Waals surface area contributed by atoms with Gasteiger partial charge in [-0.1, -0.05) is 35.5 Å². The number of piperazine rings is 1. The lowest BCUT2D eigenvalue weighted by molar-refractivity contribution is 0.245. The number of nitrogens with two attached hydrogens (primary N) is 1. The highest BCUT2D eigenvalue weighted by atomic mass is 19.1. The molecule has 42 heavy (non-hydrogen) atoms. The summed E-state index contributed by atoms with van der Waals surface area (Å²) in [6, 6.07) is 14.5. The molecule has 0 bridgehead atoms. The van der Waals surface area contributed by atoms with Gasteiger partial charge in [-0.25, -0.2) is 22.9 Å². The summed E-state index contributed by atoms with van der Waals surface area (Å²) in [5.41, 5.74) is 9.08. The molecule has 0 unspecified atom stereocenters. The van der Waals surface area contributed by atoms with E-state index in [1.807, 2.05) is 35.2 Å². The molecule has 0 spiro atoms. The molecule has 4 aromatic heterocycles. The van der Waals surface area contributed by atoms with Crippen molar-refractivity contribution in [2.45, 2.75) is 20.0 Å². The zero-order chi connectivity index (χ0) is 28.8. The average Bonchev–Trinajstić information content (AvgIpc) is 3.71. The van der Waals surface area contributed by atoms with Crippen LogP contribution < -0.4 is 16.3 Å². The molecule has 0 aliphatic carbocycles. The number of fused-ring (bicyclic) bond motifs is 3. The molecule has 0 saturated carbocycles. The summed E-state index contributed by atoms with van der Waals surface area (Å²) in [5, 5.41) is 13.7. The number of halogens is 1. The maximum Gasteiger partial charge on any atom is 0.353 e. The number of aryl methyl sites for hydroxylation is 1. The second kappa shape index (κ2) is 10.4. The van der Waals surface area contributed by atoms with Crippen molar-refractivity contribution in [3.8, 4) is 11.4 Å². The maximum atomic E-state index is 14.8. The molecule has 2 N–H and O–H groups in total. The lowest BCUT2D eigenvalue weighted by atomic mass is 10.1. The molecular formula is C28H28FN11O2. The van der Waals surface area contributed by atoms with E-state index in [0.29, 0.717) is 65.8 Å². The summed E-state index contributed by atoms with van der Waals surface area (Å²) >= 11 is 0. The molecule has 14 heteroatoms. The second-order valence-electron chi connectivity index (χ2n) is 10.3. The topological polar surface area (TPSA) is 141 Å². The number of nitrogen functional groups attached to an aromatic ring is 1. The van der Waals surface area contributed by atoms with Crippen LogP contribution in [-0.2, 0) is 13.1 Å². The fourth-order valence-corrected chi connectivity index (χ4v) is 5.38. The lowest BCUT2D eigenvalue weighted by Crippen LogP contribution is -2.47. The SMILES string of the molecule is Cc1nc(-c2ccc(F)c(N3CCN(CCn4ncc5c4nc(N)n4c(=O)n(Cc6ccccc6)nc54)CC3)c2)no1. The second-order valence-corrected chi connectivity index (χ2v) is 10.3. The van der Waals surface area contributed by atoms with E-state index < -0.39 is 0 Å². The van der Waals surface area contributed by atoms with E-state index in [-0.39, 0.29) is 17.5 Å². The molecule has 2 aromatic carbocycles. The quantitative estimate of drug-likeness (QED) is 0.304. The van der Waals surface area contributed by atoms with Crippen LogP contribution in [0.25, 0.3) is 28.1 Å². The molecule has 13 nitrogen and oxygen atoms in total. The summed E-state index contributed by atoms with van der Waals surface area (Å²) < 4.78 is 24.3. The molecule has 0 amide bonds. The molecule has 0 radical (unpaired) electrons. The lowest BCUT2D eigenvalue weighted by Gasteiger charge is -2.36. The number of nitrogens with zero attached hydrogens (tertiary/aromatic N) is 10. The monoisotopic (exact) mass is 569 g/mol. The third-order valence-electron chi connectivity index (χ3n) is 7.59. The Kier molecular flexibility index (Phi) is 6.38. The largest absolute Gasteiger partial charge is 0.369 e. The average molecular weight is 570 g/mol. The summed E-state index contributed by atoms with van der Waals surface area (Å²) in [5.74, 6) is 0.690. The fourth-order valence-electron chi connectivity index (χ4n) is 5.38. The van der Waals surface area contributed by atoms with Gasteiger partial charge in [0.15, 0.2) is 11.3 Å². The number of rotatable bonds is 7. The Morgan fingerprint density at radius 2 is 1.79 bits per heavy atom. The van der Waals surface area contributed by atoms with E-state index in [2.05, 4.69) is 30.2 Å². The van der Waals surface area contributed by atoms with Crippen LogP contribution in [0.4, 0.5) is 16.0 Å². The van der Waals surface area contributed by atoms with Crippen LogP contribution >= 0.6 is 0 Å². The third kappa shape index (κ3) is 4.64. The normalized spacial score (nSPS) is 14.4. The van der Waals surface area contributed by atoms with Gasteiger partial charge in [0, 0.05) is 45.2 Å². The highest BCUT2D eigenvalue weighted by Crippen LogP contribution is 2.27. The van der Waals surface area contributed by atoms with Crippen molar-refractivity contribution >= 4 is 28.3 Å². The number of hydrogen-bond donors (Lipinski definition) is 1. The van der Waals surface area contributed by atoms with Crippen LogP contribution in [0.3, 0.4) is 0 Å². The Labute approximate surface area is 238 Å². The van der Waals surface area contributed by atoms with Crippen molar-refractivity contribution in [3.05, 3.63) is 82.5 Å². The summed E-state index contributed by atoms with van der Waals surface area (Å²) in [7, 11) is 0. The number of anilines is 2. The molecule has 1 saturated heterocycles. The number of hydrogen-bond acceptors (Lipinski definition) is 10. The molecule has 0 atom stereocenters. The van der Waals surface area contributed by atoms with E-state index in [0.717, 1.165) is 25.2 Å². The third-order valence-corrected chi connectivity index (χ3v) is 7.59. The van der Waals surface area contributed by atoms with E-state index in [1.54, 1.807) is 29.9 Å². The van der Waals surface area contributed by atoms with Gasteiger partial charge in [0.25, 0.3) is 0 Å². The molecule has 5 heterocycles. The van der Waals surface area contributed by atoms with Crippen molar-refractivity contribution in [1.29, 1.82) is 0 Å². The van der Waals surface area contributed by atoms with Crippen molar-refractivity contribution in [3.63, 3.8) is 0 Å². The summed E-state index contributed by atoms with van der Waals surface area (Å²) in [6.07, 6.45) is 1.68. The zero-order valence-corrected chi connectivity index (χ0v) is 22.9. The Bertz CT molecular complexity index is 1950. The fraction of sp³-hybridized carbons (Fsp3) is 0.286. The smallest absolute Gasteiger partial charge is 0.353 e. The minimum absolute atomic E-state index is 0.0670. The first-order chi connectivity index (χ1) is 20.4. The molecule has 6 aromatic rings. The molecule has 1 fully saturated rings. The van der Waals surface area contributed by atoms with Crippen LogP contribution in [0, 0.1) is 12.7 Å². The molecule has 214 valence electrons. The van der Waals surface area contributed by atoms with Gasteiger partial charge in [0.1, 0.15) is 5.82 Å². The summed E-state index contributed by atoms with van der Waals surface area (Å²) in [6.45, 7) is 6.18. The molecule has 1 aliphatic rings.